The summed E-state index contributed by atoms with van der Waals surface area (Å²) in [6.07, 6.45) is -0.0894. The van der Waals surface area contributed by atoms with Crippen LogP contribution in [0.4, 0.5) is 8.78 Å². The van der Waals surface area contributed by atoms with Crippen molar-refractivity contribution in [2.45, 2.75) is 44.2 Å². The van der Waals surface area contributed by atoms with Crippen molar-refractivity contribution in [3.05, 3.63) is 0 Å². The average molecular weight is 251 g/mol. The van der Waals surface area contributed by atoms with Crippen molar-refractivity contribution >= 4 is 5.97 Å². The summed E-state index contributed by atoms with van der Waals surface area (Å²) in [5.41, 5.74) is -0.849. The lowest BCUT2D eigenvalue weighted by atomic mass is 9.98. The van der Waals surface area contributed by atoms with Gasteiger partial charge in [-0.2, -0.15) is 0 Å². The predicted octanol–water partition coefficient (Wildman–Crippen LogP) is 1.34. The van der Waals surface area contributed by atoms with E-state index < -0.39 is 18.6 Å². The summed E-state index contributed by atoms with van der Waals surface area (Å²) in [6.45, 7) is 1.22. The van der Waals surface area contributed by atoms with Crippen LogP contribution in [0.5, 0.6) is 0 Å². The second-order valence-electron chi connectivity index (χ2n) is 4.46. The molecule has 100 valence electrons. The SMILES string of the molecule is COC(=O)C(C)(CCOCC(F)F)NC1CC1. The highest BCUT2D eigenvalue weighted by Gasteiger charge is 2.39. The smallest absolute Gasteiger partial charge is 0.325 e. The van der Waals surface area contributed by atoms with E-state index in [9.17, 15) is 13.6 Å². The molecule has 1 rings (SSSR count). The maximum Gasteiger partial charge on any atom is 0.325 e. The van der Waals surface area contributed by atoms with Crippen LogP contribution in [0.15, 0.2) is 0 Å². The molecule has 0 aliphatic heterocycles. The van der Waals surface area contributed by atoms with Gasteiger partial charge in [-0.1, -0.05) is 0 Å². The van der Waals surface area contributed by atoms with E-state index in [4.69, 9.17) is 9.47 Å². The van der Waals surface area contributed by atoms with Gasteiger partial charge in [0.1, 0.15) is 12.1 Å². The molecule has 0 heterocycles. The second kappa shape index (κ2) is 6.26. The first-order valence-electron chi connectivity index (χ1n) is 5.70. The number of hydrogen-bond acceptors (Lipinski definition) is 4. The highest BCUT2D eigenvalue weighted by atomic mass is 19.3. The van der Waals surface area contributed by atoms with Crippen molar-refractivity contribution in [3.8, 4) is 0 Å². The van der Waals surface area contributed by atoms with Crippen molar-refractivity contribution < 1.29 is 23.0 Å². The standard InChI is InChI=1S/C11H19F2NO3/c1-11(10(15)16-2,14-8-3-4-8)5-6-17-7-9(12)13/h8-9,14H,3-7H2,1-2H3. The van der Waals surface area contributed by atoms with Crippen LogP contribution >= 0.6 is 0 Å². The second-order valence-corrected chi connectivity index (χ2v) is 4.46. The maximum absolute atomic E-state index is 11.9. The van der Waals surface area contributed by atoms with Gasteiger partial charge in [0.05, 0.1) is 7.11 Å². The zero-order chi connectivity index (χ0) is 12.9. The molecule has 0 radical (unpaired) electrons. The Morgan fingerprint density at radius 3 is 2.65 bits per heavy atom. The van der Waals surface area contributed by atoms with Gasteiger partial charge >= 0.3 is 5.97 Å². The first-order valence-corrected chi connectivity index (χ1v) is 5.70. The van der Waals surface area contributed by atoms with Gasteiger partial charge in [-0.05, 0) is 26.2 Å². The van der Waals surface area contributed by atoms with E-state index in [1.165, 1.54) is 7.11 Å². The molecule has 6 heteroatoms. The minimum Gasteiger partial charge on any atom is -0.468 e. The molecule has 17 heavy (non-hydrogen) atoms. The van der Waals surface area contributed by atoms with Crippen molar-refractivity contribution in [1.29, 1.82) is 0 Å². The normalized spacial score (nSPS) is 19.1. The molecule has 1 unspecified atom stereocenters. The zero-order valence-corrected chi connectivity index (χ0v) is 10.2. The molecule has 0 amide bonds. The minimum absolute atomic E-state index is 0.107. The number of nitrogens with one attached hydrogen (secondary N) is 1. The fraction of sp³-hybridized carbons (Fsp3) is 0.909. The van der Waals surface area contributed by atoms with E-state index >= 15 is 0 Å². The lowest BCUT2D eigenvalue weighted by Gasteiger charge is -2.28. The fourth-order valence-corrected chi connectivity index (χ4v) is 1.59. The number of esters is 1. The third-order valence-electron chi connectivity index (χ3n) is 2.73. The largest absolute Gasteiger partial charge is 0.468 e. The van der Waals surface area contributed by atoms with Crippen molar-refractivity contribution in [2.24, 2.45) is 0 Å². The van der Waals surface area contributed by atoms with Gasteiger partial charge in [-0.3, -0.25) is 10.1 Å². The monoisotopic (exact) mass is 251 g/mol. The number of carbonyl (C=O) groups is 1. The van der Waals surface area contributed by atoms with E-state index in [2.05, 4.69) is 5.32 Å². The number of alkyl halides is 2. The first kappa shape index (κ1) is 14.3. The Morgan fingerprint density at radius 2 is 2.18 bits per heavy atom. The van der Waals surface area contributed by atoms with Gasteiger partial charge in [-0.25, -0.2) is 8.78 Å². The Kier molecular flexibility index (Phi) is 5.27. The molecule has 0 saturated heterocycles. The van der Waals surface area contributed by atoms with E-state index in [0.717, 1.165) is 12.8 Å². The summed E-state index contributed by atoms with van der Waals surface area (Å²) in [5.74, 6) is -0.384. The van der Waals surface area contributed by atoms with Crippen LogP contribution < -0.4 is 5.32 Å². The first-order chi connectivity index (χ1) is 7.98. The van der Waals surface area contributed by atoms with E-state index in [-0.39, 0.29) is 12.6 Å². The molecule has 1 aliphatic rings. The fourth-order valence-electron chi connectivity index (χ4n) is 1.59. The van der Waals surface area contributed by atoms with Crippen molar-refractivity contribution in [3.63, 3.8) is 0 Å². The van der Waals surface area contributed by atoms with Gasteiger partial charge in [0, 0.05) is 12.6 Å². The zero-order valence-electron chi connectivity index (χ0n) is 10.2. The van der Waals surface area contributed by atoms with Crippen LogP contribution in [0.2, 0.25) is 0 Å². The van der Waals surface area contributed by atoms with Crippen molar-refractivity contribution in [2.75, 3.05) is 20.3 Å². The number of halogens is 2. The van der Waals surface area contributed by atoms with E-state index in [1.54, 1.807) is 6.92 Å². The molecule has 1 N–H and O–H groups in total. The molecule has 1 atom stereocenters. The van der Waals surface area contributed by atoms with Gasteiger partial charge in [0.25, 0.3) is 6.43 Å². The van der Waals surface area contributed by atoms with Crippen LogP contribution in [0.1, 0.15) is 26.2 Å². The lowest BCUT2D eigenvalue weighted by Crippen LogP contribution is -2.52. The molecule has 4 nitrogen and oxygen atoms in total. The minimum atomic E-state index is -2.48. The summed E-state index contributed by atoms with van der Waals surface area (Å²) < 4.78 is 33.2. The van der Waals surface area contributed by atoms with Gasteiger partial charge < -0.3 is 9.47 Å². The lowest BCUT2D eigenvalue weighted by molar-refractivity contribution is -0.149. The molecule has 1 saturated carbocycles. The summed E-state index contributed by atoms with van der Waals surface area (Å²) in [6, 6.07) is 0.328. The Labute approximate surface area is 99.7 Å². The third-order valence-corrected chi connectivity index (χ3v) is 2.73. The topological polar surface area (TPSA) is 47.6 Å². The highest BCUT2D eigenvalue weighted by Crippen LogP contribution is 2.24. The molecular weight excluding hydrogens is 232 g/mol. The number of hydrogen-bond donors (Lipinski definition) is 1. The van der Waals surface area contributed by atoms with Gasteiger partial charge in [0.15, 0.2) is 0 Å². The number of carbonyl (C=O) groups excluding carboxylic acids is 1. The van der Waals surface area contributed by atoms with Crippen LogP contribution in [0.25, 0.3) is 0 Å². The summed E-state index contributed by atoms with van der Waals surface area (Å²) in [4.78, 5) is 11.6. The number of rotatable bonds is 8. The highest BCUT2D eigenvalue weighted by molar-refractivity contribution is 5.80. The molecule has 0 spiro atoms. The quantitative estimate of drug-likeness (QED) is 0.522. The Balaban J connectivity index is 2.36. The van der Waals surface area contributed by atoms with Crippen LogP contribution in [-0.2, 0) is 14.3 Å². The summed E-state index contributed by atoms with van der Waals surface area (Å²) in [5, 5.41) is 3.16. The number of ether oxygens (including phenoxy) is 2. The average Bonchev–Trinajstić information content (AvgIpc) is 3.06. The van der Waals surface area contributed by atoms with Crippen LogP contribution in [0.3, 0.4) is 0 Å². The third kappa shape index (κ3) is 4.95. The van der Waals surface area contributed by atoms with Gasteiger partial charge in [0.2, 0.25) is 0 Å². The number of methoxy groups -OCH3 is 1. The van der Waals surface area contributed by atoms with E-state index in [1.807, 2.05) is 0 Å². The Morgan fingerprint density at radius 1 is 1.53 bits per heavy atom. The van der Waals surface area contributed by atoms with Crippen molar-refractivity contribution in [1.82, 2.24) is 5.32 Å². The van der Waals surface area contributed by atoms with Gasteiger partial charge in [-0.15, -0.1) is 0 Å². The molecule has 0 aromatic carbocycles. The molecule has 1 fully saturated rings. The van der Waals surface area contributed by atoms with Crippen LogP contribution in [0, 0.1) is 0 Å². The summed E-state index contributed by atoms with van der Waals surface area (Å²) in [7, 11) is 1.31. The molecular formula is C11H19F2NO3. The Hall–Kier alpha value is -0.750. The molecule has 0 aromatic heterocycles. The maximum atomic E-state index is 11.9. The summed E-state index contributed by atoms with van der Waals surface area (Å²) >= 11 is 0. The Bertz CT molecular complexity index is 259. The molecule has 0 bridgehead atoms. The van der Waals surface area contributed by atoms with Crippen LogP contribution in [-0.4, -0.2) is 44.3 Å². The predicted molar refractivity (Wildman–Crippen MR) is 58.0 cm³/mol. The van der Waals surface area contributed by atoms with E-state index in [0.29, 0.717) is 12.5 Å². The molecule has 1 aliphatic carbocycles. The molecule has 0 aromatic rings.